The molecule has 1 aromatic carbocycles. The molecule has 2 aromatic heterocycles. The lowest BCUT2D eigenvalue weighted by Gasteiger charge is -2.04. The van der Waals surface area contributed by atoms with Crippen LogP contribution in [0, 0.1) is 6.92 Å². The van der Waals surface area contributed by atoms with Gasteiger partial charge in [-0.15, -0.1) is 11.3 Å². The Bertz CT molecular complexity index is 656. The molecular weight excluding hydrogens is 268 g/mol. The first-order valence-corrected chi connectivity index (χ1v) is 7.39. The van der Waals surface area contributed by atoms with Crippen LogP contribution in [0.3, 0.4) is 0 Å². The van der Waals surface area contributed by atoms with Gasteiger partial charge in [-0.2, -0.15) is 5.10 Å². The quantitative estimate of drug-likeness (QED) is 0.757. The summed E-state index contributed by atoms with van der Waals surface area (Å²) >= 11 is 1.70. The average Bonchev–Trinajstić information content (AvgIpc) is 3.11. The summed E-state index contributed by atoms with van der Waals surface area (Å²) in [4.78, 5) is 4.43. The van der Waals surface area contributed by atoms with Crippen LogP contribution >= 0.6 is 11.3 Å². The van der Waals surface area contributed by atoms with E-state index in [9.17, 15) is 0 Å². The van der Waals surface area contributed by atoms with Gasteiger partial charge >= 0.3 is 0 Å². The van der Waals surface area contributed by atoms with E-state index in [1.807, 2.05) is 13.0 Å². The summed E-state index contributed by atoms with van der Waals surface area (Å²) < 4.78 is 0. The Balaban J connectivity index is 1.56. The van der Waals surface area contributed by atoms with E-state index < -0.39 is 0 Å². The molecule has 0 saturated heterocycles. The Morgan fingerprint density at radius 1 is 1.15 bits per heavy atom. The van der Waals surface area contributed by atoms with E-state index in [1.54, 1.807) is 17.5 Å². The predicted molar refractivity (Wildman–Crippen MR) is 81.4 cm³/mol. The Kier molecular flexibility index (Phi) is 3.90. The third kappa shape index (κ3) is 3.12. The lowest BCUT2D eigenvalue weighted by Crippen LogP contribution is -2.12. The van der Waals surface area contributed by atoms with Gasteiger partial charge in [0.05, 0.1) is 5.69 Å². The minimum absolute atomic E-state index is 0.820. The number of aromatic amines is 1. The molecule has 0 bridgehead atoms. The molecule has 0 aliphatic carbocycles. The van der Waals surface area contributed by atoms with Crippen molar-refractivity contribution in [1.29, 1.82) is 0 Å². The van der Waals surface area contributed by atoms with Crippen molar-refractivity contribution >= 4 is 11.3 Å². The zero-order valence-corrected chi connectivity index (χ0v) is 12.1. The van der Waals surface area contributed by atoms with E-state index >= 15 is 0 Å². The molecule has 3 rings (SSSR count). The van der Waals surface area contributed by atoms with Gasteiger partial charge < -0.3 is 5.32 Å². The lowest BCUT2D eigenvalue weighted by molar-refractivity contribution is 0.689. The number of nitrogens with zero attached hydrogens (tertiary/aromatic N) is 2. The van der Waals surface area contributed by atoms with Gasteiger partial charge in [-0.1, -0.05) is 24.3 Å². The van der Waals surface area contributed by atoms with Crippen LogP contribution < -0.4 is 5.32 Å². The van der Waals surface area contributed by atoms with Crippen LogP contribution in [0.5, 0.6) is 0 Å². The molecule has 2 N–H and O–H groups in total. The van der Waals surface area contributed by atoms with Crippen molar-refractivity contribution in [2.45, 2.75) is 20.0 Å². The van der Waals surface area contributed by atoms with E-state index in [0.29, 0.717) is 0 Å². The number of aryl methyl sites for hydroxylation is 1. The Labute approximate surface area is 121 Å². The second-order valence-electron chi connectivity index (χ2n) is 4.65. The van der Waals surface area contributed by atoms with Crippen LogP contribution in [0.25, 0.3) is 11.3 Å². The van der Waals surface area contributed by atoms with Gasteiger partial charge in [0.15, 0.2) is 0 Å². The fraction of sp³-hybridized carbons (Fsp3) is 0.200. The molecular formula is C15H16N4S. The molecule has 0 amide bonds. The summed E-state index contributed by atoms with van der Waals surface area (Å²) in [6, 6.07) is 10.5. The molecule has 0 unspecified atom stereocenters. The standard InChI is InChI=1S/C15H16N4S/c1-11-10-20-15(18-11)9-16-8-12-2-4-13(5-3-12)14-6-7-17-19-14/h2-7,10,16H,8-9H2,1H3,(H,17,19). The van der Waals surface area contributed by atoms with Gasteiger partial charge in [-0.3, -0.25) is 5.10 Å². The summed E-state index contributed by atoms with van der Waals surface area (Å²) in [6.07, 6.45) is 1.76. The number of aromatic nitrogens is 3. The van der Waals surface area contributed by atoms with E-state index in [2.05, 4.69) is 50.1 Å². The molecule has 4 nitrogen and oxygen atoms in total. The molecule has 0 radical (unpaired) electrons. The molecule has 0 fully saturated rings. The number of benzene rings is 1. The van der Waals surface area contributed by atoms with E-state index in [-0.39, 0.29) is 0 Å². The maximum absolute atomic E-state index is 4.43. The third-order valence-electron chi connectivity index (χ3n) is 3.04. The number of rotatable bonds is 5. The van der Waals surface area contributed by atoms with Gasteiger partial charge in [-0.05, 0) is 24.1 Å². The van der Waals surface area contributed by atoms with Gasteiger partial charge in [0.2, 0.25) is 0 Å². The molecule has 0 atom stereocenters. The summed E-state index contributed by atoms with van der Waals surface area (Å²) in [6.45, 7) is 3.69. The number of nitrogens with one attached hydrogen (secondary N) is 2. The average molecular weight is 284 g/mol. The van der Waals surface area contributed by atoms with Crippen molar-refractivity contribution in [3.05, 3.63) is 58.2 Å². The van der Waals surface area contributed by atoms with Crippen molar-refractivity contribution < 1.29 is 0 Å². The molecule has 20 heavy (non-hydrogen) atoms. The van der Waals surface area contributed by atoms with Crippen molar-refractivity contribution in [2.75, 3.05) is 0 Å². The highest BCUT2D eigenvalue weighted by Crippen LogP contribution is 2.16. The normalized spacial score (nSPS) is 10.8. The SMILES string of the molecule is Cc1csc(CNCc2ccc(-c3ccn[nH]3)cc2)n1. The summed E-state index contributed by atoms with van der Waals surface area (Å²) in [7, 11) is 0. The van der Waals surface area contributed by atoms with Crippen LogP contribution in [0.15, 0.2) is 41.9 Å². The Morgan fingerprint density at radius 2 is 2.00 bits per heavy atom. The van der Waals surface area contributed by atoms with Crippen molar-refractivity contribution in [2.24, 2.45) is 0 Å². The molecule has 3 aromatic rings. The number of H-pyrrole nitrogens is 1. The number of thiazole rings is 1. The monoisotopic (exact) mass is 284 g/mol. The first-order valence-electron chi connectivity index (χ1n) is 6.52. The third-order valence-corrected chi connectivity index (χ3v) is 4.00. The molecule has 0 aliphatic heterocycles. The molecule has 5 heteroatoms. The highest BCUT2D eigenvalue weighted by atomic mass is 32.1. The predicted octanol–water partition coefficient (Wildman–Crippen LogP) is 3.13. The second-order valence-corrected chi connectivity index (χ2v) is 5.60. The summed E-state index contributed by atoms with van der Waals surface area (Å²) in [5, 5.41) is 13.6. The largest absolute Gasteiger partial charge is 0.306 e. The summed E-state index contributed by atoms with van der Waals surface area (Å²) in [5.41, 5.74) is 4.56. The molecule has 0 saturated carbocycles. The Morgan fingerprint density at radius 3 is 2.65 bits per heavy atom. The van der Waals surface area contributed by atoms with Crippen molar-refractivity contribution in [3.8, 4) is 11.3 Å². The highest BCUT2D eigenvalue weighted by Gasteiger charge is 2.00. The van der Waals surface area contributed by atoms with Crippen molar-refractivity contribution in [1.82, 2.24) is 20.5 Å². The maximum Gasteiger partial charge on any atom is 0.107 e. The van der Waals surface area contributed by atoms with Crippen LogP contribution in [0.2, 0.25) is 0 Å². The molecule has 102 valence electrons. The molecule has 2 heterocycles. The zero-order valence-electron chi connectivity index (χ0n) is 11.3. The Hall–Kier alpha value is -1.98. The fourth-order valence-corrected chi connectivity index (χ4v) is 2.76. The van der Waals surface area contributed by atoms with E-state index in [1.165, 1.54) is 5.56 Å². The van der Waals surface area contributed by atoms with Gasteiger partial charge in [0.1, 0.15) is 5.01 Å². The van der Waals surface area contributed by atoms with Crippen molar-refractivity contribution in [3.63, 3.8) is 0 Å². The van der Waals surface area contributed by atoms with Gasteiger partial charge in [-0.25, -0.2) is 4.98 Å². The van der Waals surface area contributed by atoms with Gasteiger partial charge in [0, 0.05) is 30.4 Å². The van der Waals surface area contributed by atoms with Crippen LogP contribution in [0.1, 0.15) is 16.3 Å². The smallest absolute Gasteiger partial charge is 0.107 e. The topological polar surface area (TPSA) is 53.6 Å². The first-order chi connectivity index (χ1) is 9.81. The minimum atomic E-state index is 0.820. The summed E-state index contributed by atoms with van der Waals surface area (Å²) in [5.74, 6) is 0. The molecule has 0 spiro atoms. The van der Waals surface area contributed by atoms with Crippen LogP contribution in [-0.4, -0.2) is 15.2 Å². The minimum Gasteiger partial charge on any atom is -0.306 e. The van der Waals surface area contributed by atoms with E-state index in [4.69, 9.17) is 0 Å². The lowest BCUT2D eigenvalue weighted by atomic mass is 10.1. The van der Waals surface area contributed by atoms with Crippen LogP contribution in [-0.2, 0) is 13.1 Å². The number of hydrogen-bond donors (Lipinski definition) is 2. The maximum atomic E-state index is 4.43. The fourth-order valence-electron chi connectivity index (χ4n) is 2.02. The second kappa shape index (κ2) is 5.98. The first kappa shape index (κ1) is 13.0. The number of hydrogen-bond acceptors (Lipinski definition) is 4. The van der Waals surface area contributed by atoms with Crippen LogP contribution in [0.4, 0.5) is 0 Å². The molecule has 0 aliphatic rings. The van der Waals surface area contributed by atoms with Gasteiger partial charge in [0.25, 0.3) is 0 Å². The zero-order chi connectivity index (χ0) is 13.8. The highest BCUT2D eigenvalue weighted by molar-refractivity contribution is 7.09. The van der Waals surface area contributed by atoms with E-state index in [0.717, 1.165) is 35.0 Å².